The molecular weight excluding hydrogens is 369 g/mol. The van der Waals surface area contributed by atoms with Crippen LogP contribution in [0, 0.1) is 0 Å². The van der Waals surface area contributed by atoms with Crippen molar-refractivity contribution in [1.29, 1.82) is 0 Å². The zero-order valence-electron chi connectivity index (χ0n) is 13.9. The smallest absolute Gasteiger partial charge is 0.418 e. The molecule has 0 saturated carbocycles. The van der Waals surface area contributed by atoms with Crippen molar-refractivity contribution in [2.45, 2.75) is 19.5 Å². The first-order valence-corrected chi connectivity index (χ1v) is 8.89. The average Bonchev–Trinajstić information content (AvgIpc) is 3.10. The predicted octanol–water partition coefficient (Wildman–Crippen LogP) is 4.63. The Morgan fingerprint density at radius 2 is 1.96 bits per heavy atom. The molecule has 26 heavy (non-hydrogen) atoms. The summed E-state index contributed by atoms with van der Waals surface area (Å²) in [6.45, 7) is 1.95. The molecule has 2 rings (SSSR count). The summed E-state index contributed by atoms with van der Waals surface area (Å²) >= 11 is 1.34. The first kappa shape index (κ1) is 19.9. The highest BCUT2D eigenvalue weighted by Gasteiger charge is 2.34. The monoisotopic (exact) mass is 386 g/mol. The van der Waals surface area contributed by atoms with Gasteiger partial charge in [0.25, 0.3) is 5.91 Å². The Balaban J connectivity index is 2.16. The lowest BCUT2D eigenvalue weighted by Gasteiger charge is -2.15. The van der Waals surface area contributed by atoms with Gasteiger partial charge in [-0.15, -0.1) is 0 Å². The van der Waals surface area contributed by atoms with Crippen LogP contribution in [0.15, 0.2) is 41.2 Å². The average molecular weight is 386 g/mol. The van der Waals surface area contributed by atoms with Crippen molar-refractivity contribution in [3.63, 3.8) is 0 Å². The van der Waals surface area contributed by atoms with Gasteiger partial charge >= 0.3 is 6.18 Å². The molecule has 2 N–H and O–H groups in total. The molecule has 2 aromatic rings. The Bertz CT molecular complexity index is 761. The molecule has 1 heterocycles. The van der Waals surface area contributed by atoms with E-state index in [0.29, 0.717) is 0 Å². The van der Waals surface area contributed by atoms with Crippen LogP contribution in [0.4, 0.5) is 24.5 Å². The Morgan fingerprint density at radius 3 is 2.58 bits per heavy atom. The summed E-state index contributed by atoms with van der Waals surface area (Å²) in [7, 11) is 0. The SMILES string of the molecule is CCCSCC(=O)Nc1ccc(NC(=O)c2ccoc2)cc1C(F)(F)F. The summed E-state index contributed by atoms with van der Waals surface area (Å²) in [5.74, 6) is -0.286. The Labute approximate surface area is 152 Å². The van der Waals surface area contributed by atoms with Crippen LogP contribution in [0.1, 0.15) is 29.3 Å². The molecule has 0 aliphatic heterocycles. The van der Waals surface area contributed by atoms with Crippen LogP contribution in [0.5, 0.6) is 0 Å². The van der Waals surface area contributed by atoms with E-state index in [9.17, 15) is 22.8 Å². The van der Waals surface area contributed by atoms with Gasteiger partial charge in [0, 0.05) is 5.69 Å². The Morgan fingerprint density at radius 1 is 1.19 bits per heavy atom. The van der Waals surface area contributed by atoms with Gasteiger partial charge in [0.1, 0.15) is 6.26 Å². The van der Waals surface area contributed by atoms with E-state index in [1.165, 1.54) is 36.4 Å². The standard InChI is InChI=1S/C17H17F3N2O3S/c1-2-7-26-10-15(23)22-14-4-3-12(8-13(14)17(18,19)20)21-16(24)11-5-6-25-9-11/h3-6,8-9H,2,7,10H2,1H3,(H,21,24)(H,22,23). The second kappa shape index (κ2) is 8.79. The van der Waals surface area contributed by atoms with Crippen molar-refractivity contribution in [1.82, 2.24) is 0 Å². The molecule has 1 aromatic heterocycles. The van der Waals surface area contributed by atoms with Crippen LogP contribution in [-0.4, -0.2) is 23.3 Å². The van der Waals surface area contributed by atoms with E-state index in [1.54, 1.807) is 0 Å². The minimum absolute atomic E-state index is 0.0399. The number of rotatable bonds is 7. The van der Waals surface area contributed by atoms with Crippen molar-refractivity contribution < 1.29 is 27.2 Å². The van der Waals surface area contributed by atoms with E-state index in [4.69, 9.17) is 4.42 Å². The van der Waals surface area contributed by atoms with Gasteiger partial charge in [0.15, 0.2) is 0 Å². The fraction of sp³-hybridized carbons (Fsp3) is 0.294. The van der Waals surface area contributed by atoms with E-state index in [0.717, 1.165) is 24.3 Å². The lowest BCUT2D eigenvalue weighted by molar-refractivity contribution is -0.136. The summed E-state index contributed by atoms with van der Waals surface area (Å²) in [5, 5.41) is 4.64. The molecule has 140 valence electrons. The highest BCUT2D eigenvalue weighted by molar-refractivity contribution is 7.99. The van der Waals surface area contributed by atoms with Crippen LogP contribution in [0.25, 0.3) is 0 Å². The number of nitrogens with one attached hydrogen (secondary N) is 2. The highest BCUT2D eigenvalue weighted by atomic mass is 32.2. The largest absolute Gasteiger partial charge is 0.472 e. The summed E-state index contributed by atoms with van der Waals surface area (Å²) < 4.78 is 44.7. The molecule has 5 nitrogen and oxygen atoms in total. The molecule has 1 aromatic carbocycles. The Hall–Kier alpha value is -2.42. The Kier molecular flexibility index (Phi) is 6.73. The molecule has 0 bridgehead atoms. The van der Waals surface area contributed by atoms with Gasteiger partial charge in [0.05, 0.1) is 28.8 Å². The van der Waals surface area contributed by atoms with Crippen molar-refractivity contribution in [2.75, 3.05) is 22.1 Å². The summed E-state index contributed by atoms with van der Waals surface area (Å²) in [5.41, 5.74) is -1.23. The first-order chi connectivity index (χ1) is 12.3. The number of amides is 2. The highest BCUT2D eigenvalue weighted by Crippen LogP contribution is 2.36. The quantitative estimate of drug-likeness (QED) is 0.681. The number of halogens is 3. The third-order valence-electron chi connectivity index (χ3n) is 3.22. The molecule has 0 spiro atoms. The third-order valence-corrected chi connectivity index (χ3v) is 4.39. The molecule has 0 aliphatic rings. The molecule has 2 amide bonds. The number of benzene rings is 1. The number of anilines is 2. The van der Waals surface area contributed by atoms with E-state index < -0.39 is 23.6 Å². The lowest BCUT2D eigenvalue weighted by atomic mass is 10.1. The number of alkyl halides is 3. The third kappa shape index (κ3) is 5.55. The number of hydrogen-bond donors (Lipinski definition) is 2. The van der Waals surface area contributed by atoms with E-state index >= 15 is 0 Å². The number of thioether (sulfide) groups is 1. The van der Waals surface area contributed by atoms with Gasteiger partial charge < -0.3 is 15.1 Å². The van der Waals surface area contributed by atoms with E-state index in [2.05, 4.69) is 10.6 Å². The number of hydrogen-bond acceptors (Lipinski definition) is 4. The van der Waals surface area contributed by atoms with E-state index in [-0.39, 0.29) is 22.7 Å². The maximum atomic E-state index is 13.3. The number of carbonyl (C=O) groups excluding carboxylic acids is 2. The molecule has 0 radical (unpaired) electrons. The summed E-state index contributed by atoms with van der Waals surface area (Å²) in [6.07, 6.45) is -1.35. The van der Waals surface area contributed by atoms with Crippen molar-refractivity contribution in [3.8, 4) is 0 Å². The molecule has 0 saturated heterocycles. The number of carbonyl (C=O) groups is 2. The van der Waals surface area contributed by atoms with Gasteiger partial charge in [-0.25, -0.2) is 0 Å². The van der Waals surface area contributed by atoms with Gasteiger partial charge in [-0.05, 0) is 36.4 Å². The number of furan rings is 1. The molecular formula is C17H17F3N2O3S. The van der Waals surface area contributed by atoms with Crippen molar-refractivity contribution in [2.24, 2.45) is 0 Å². The zero-order valence-corrected chi connectivity index (χ0v) is 14.7. The maximum absolute atomic E-state index is 13.3. The van der Waals surface area contributed by atoms with Gasteiger partial charge in [0.2, 0.25) is 5.91 Å². The van der Waals surface area contributed by atoms with Gasteiger partial charge in [-0.3, -0.25) is 9.59 Å². The molecule has 0 unspecified atom stereocenters. The lowest BCUT2D eigenvalue weighted by Crippen LogP contribution is -2.19. The summed E-state index contributed by atoms with van der Waals surface area (Å²) in [6, 6.07) is 4.59. The van der Waals surface area contributed by atoms with Crippen molar-refractivity contribution in [3.05, 3.63) is 47.9 Å². The maximum Gasteiger partial charge on any atom is 0.418 e. The fourth-order valence-electron chi connectivity index (χ4n) is 2.06. The first-order valence-electron chi connectivity index (χ1n) is 7.73. The topological polar surface area (TPSA) is 71.3 Å². The van der Waals surface area contributed by atoms with Gasteiger partial charge in [-0.2, -0.15) is 24.9 Å². The zero-order chi connectivity index (χ0) is 19.2. The van der Waals surface area contributed by atoms with Crippen LogP contribution < -0.4 is 10.6 Å². The minimum Gasteiger partial charge on any atom is -0.472 e. The van der Waals surface area contributed by atoms with E-state index in [1.807, 2.05) is 6.92 Å². The molecule has 0 fully saturated rings. The summed E-state index contributed by atoms with van der Waals surface area (Å²) in [4.78, 5) is 23.7. The molecule has 0 atom stereocenters. The molecule has 9 heteroatoms. The van der Waals surface area contributed by atoms with Crippen LogP contribution in [0.3, 0.4) is 0 Å². The van der Waals surface area contributed by atoms with Crippen molar-refractivity contribution >= 4 is 35.0 Å². The predicted molar refractivity (Wildman–Crippen MR) is 94.4 cm³/mol. The normalized spacial score (nSPS) is 11.2. The molecule has 0 aliphatic carbocycles. The second-order valence-corrected chi connectivity index (χ2v) is 6.43. The van der Waals surface area contributed by atoms with Crippen LogP contribution in [-0.2, 0) is 11.0 Å². The van der Waals surface area contributed by atoms with Gasteiger partial charge in [-0.1, -0.05) is 6.92 Å². The minimum atomic E-state index is -4.68. The second-order valence-electron chi connectivity index (χ2n) is 5.33. The van der Waals surface area contributed by atoms with Crippen LogP contribution >= 0.6 is 11.8 Å². The fourth-order valence-corrected chi connectivity index (χ4v) is 2.75. The van der Waals surface area contributed by atoms with Crippen LogP contribution in [0.2, 0.25) is 0 Å².